The first-order valence-electron chi connectivity index (χ1n) is 6.64. The number of tetrazole rings is 1. The Bertz CT molecular complexity index is 397. The molecule has 6 nitrogen and oxygen atoms in total. The summed E-state index contributed by atoms with van der Waals surface area (Å²) in [7, 11) is 0. The minimum Gasteiger partial charge on any atom is -0.481 e. The lowest BCUT2D eigenvalue weighted by atomic mass is 9.82. The number of aromatic nitrogens is 4. The van der Waals surface area contributed by atoms with E-state index < -0.39 is 5.97 Å². The second-order valence-electron chi connectivity index (χ2n) is 5.21. The fraction of sp³-hybridized carbons (Fsp3) is 0.833. The highest BCUT2D eigenvalue weighted by molar-refractivity contribution is 5.66. The van der Waals surface area contributed by atoms with E-state index in [0.717, 1.165) is 24.6 Å². The van der Waals surface area contributed by atoms with Crippen LogP contribution in [0.5, 0.6) is 0 Å². The summed E-state index contributed by atoms with van der Waals surface area (Å²) < 4.78 is 1.78. The zero-order valence-corrected chi connectivity index (χ0v) is 10.7. The number of carboxylic acids is 1. The first-order chi connectivity index (χ1) is 8.66. The quantitative estimate of drug-likeness (QED) is 0.864. The zero-order chi connectivity index (χ0) is 13.0. The molecule has 1 fully saturated rings. The third-order valence-corrected chi connectivity index (χ3v) is 3.70. The van der Waals surface area contributed by atoms with Gasteiger partial charge in [0.25, 0.3) is 0 Å². The molecule has 6 heteroatoms. The Kier molecular flexibility index (Phi) is 4.28. The van der Waals surface area contributed by atoms with Gasteiger partial charge in [0.2, 0.25) is 0 Å². The molecule has 18 heavy (non-hydrogen) atoms. The summed E-state index contributed by atoms with van der Waals surface area (Å²) in [6, 6.07) is 0. The minimum atomic E-state index is -0.767. The van der Waals surface area contributed by atoms with Gasteiger partial charge in [-0.1, -0.05) is 19.8 Å². The SMILES string of the molecule is CC1CCC(c2nnnn2CCCC(=O)O)CC1. The maximum absolute atomic E-state index is 10.5. The van der Waals surface area contributed by atoms with Crippen molar-refractivity contribution < 1.29 is 9.90 Å². The standard InChI is InChI=1S/C12H20N4O2/c1-9-4-6-10(7-5-9)12-13-14-15-16(12)8-2-3-11(17)18/h9-10H,2-8H2,1H3,(H,17,18). The monoisotopic (exact) mass is 252 g/mol. The minimum absolute atomic E-state index is 0.168. The molecule has 0 bridgehead atoms. The van der Waals surface area contributed by atoms with E-state index in [1.165, 1.54) is 12.8 Å². The Hall–Kier alpha value is -1.46. The van der Waals surface area contributed by atoms with E-state index in [1.54, 1.807) is 4.68 Å². The van der Waals surface area contributed by atoms with Crippen LogP contribution in [0.1, 0.15) is 57.2 Å². The molecule has 0 aliphatic heterocycles. The average Bonchev–Trinajstić information content (AvgIpc) is 2.78. The summed E-state index contributed by atoms with van der Waals surface area (Å²) in [5.74, 6) is 1.42. The van der Waals surface area contributed by atoms with Gasteiger partial charge in [-0.2, -0.15) is 0 Å². The molecule has 100 valence electrons. The predicted molar refractivity (Wildman–Crippen MR) is 65.1 cm³/mol. The van der Waals surface area contributed by atoms with E-state index in [0.29, 0.717) is 18.9 Å². The lowest BCUT2D eigenvalue weighted by molar-refractivity contribution is -0.137. The van der Waals surface area contributed by atoms with Crippen molar-refractivity contribution >= 4 is 5.97 Å². The van der Waals surface area contributed by atoms with Crippen LogP contribution < -0.4 is 0 Å². The topological polar surface area (TPSA) is 80.9 Å². The van der Waals surface area contributed by atoms with Gasteiger partial charge in [-0.15, -0.1) is 5.10 Å². The second kappa shape index (κ2) is 5.93. The highest BCUT2D eigenvalue weighted by atomic mass is 16.4. The summed E-state index contributed by atoms with van der Waals surface area (Å²) in [4.78, 5) is 10.5. The third-order valence-electron chi connectivity index (χ3n) is 3.70. The van der Waals surface area contributed by atoms with Gasteiger partial charge in [-0.05, 0) is 35.6 Å². The molecule has 1 saturated carbocycles. The number of rotatable bonds is 5. The first-order valence-corrected chi connectivity index (χ1v) is 6.64. The molecule has 0 amide bonds. The van der Waals surface area contributed by atoms with Crippen molar-refractivity contribution in [2.75, 3.05) is 0 Å². The molecule has 1 N–H and O–H groups in total. The van der Waals surface area contributed by atoms with Crippen molar-refractivity contribution in [2.45, 2.75) is 57.9 Å². The van der Waals surface area contributed by atoms with Crippen LogP contribution in [0.25, 0.3) is 0 Å². The van der Waals surface area contributed by atoms with Crippen LogP contribution in [-0.2, 0) is 11.3 Å². The van der Waals surface area contributed by atoms with Crippen LogP contribution >= 0.6 is 0 Å². The third kappa shape index (κ3) is 3.27. The molecule has 1 aromatic heterocycles. The molecule has 1 aromatic rings. The second-order valence-corrected chi connectivity index (χ2v) is 5.21. The number of hydrogen-bond donors (Lipinski definition) is 1. The summed E-state index contributed by atoms with van der Waals surface area (Å²) in [5, 5.41) is 20.4. The number of aryl methyl sites for hydroxylation is 1. The van der Waals surface area contributed by atoms with Crippen molar-refractivity contribution in [2.24, 2.45) is 5.92 Å². The number of aliphatic carboxylic acids is 1. The zero-order valence-electron chi connectivity index (χ0n) is 10.7. The molecule has 1 aliphatic rings. The smallest absolute Gasteiger partial charge is 0.303 e. The Morgan fingerprint density at radius 2 is 2.11 bits per heavy atom. The van der Waals surface area contributed by atoms with Crippen molar-refractivity contribution in [3.8, 4) is 0 Å². The van der Waals surface area contributed by atoms with Crippen LogP contribution in [0.4, 0.5) is 0 Å². The highest BCUT2D eigenvalue weighted by Crippen LogP contribution is 2.34. The molecule has 0 aromatic carbocycles. The molecule has 0 radical (unpaired) electrons. The summed E-state index contributed by atoms with van der Waals surface area (Å²) in [5.41, 5.74) is 0. The van der Waals surface area contributed by atoms with Crippen LogP contribution in [0.15, 0.2) is 0 Å². The van der Waals surface area contributed by atoms with Gasteiger partial charge >= 0.3 is 5.97 Å². The van der Waals surface area contributed by atoms with Crippen molar-refractivity contribution in [3.63, 3.8) is 0 Å². The van der Waals surface area contributed by atoms with Gasteiger partial charge in [-0.3, -0.25) is 4.79 Å². The lowest BCUT2D eigenvalue weighted by Crippen LogP contribution is -2.16. The lowest BCUT2D eigenvalue weighted by Gasteiger charge is -2.25. The van der Waals surface area contributed by atoms with E-state index in [2.05, 4.69) is 22.4 Å². The van der Waals surface area contributed by atoms with Gasteiger partial charge in [0.05, 0.1) is 0 Å². The van der Waals surface area contributed by atoms with Crippen molar-refractivity contribution in [1.82, 2.24) is 20.2 Å². The largest absolute Gasteiger partial charge is 0.481 e. The van der Waals surface area contributed by atoms with E-state index in [1.807, 2.05) is 0 Å². The van der Waals surface area contributed by atoms with Crippen LogP contribution in [-0.4, -0.2) is 31.3 Å². The van der Waals surface area contributed by atoms with E-state index in [9.17, 15) is 4.79 Å². The number of carboxylic acid groups (broad SMARTS) is 1. The molecule has 0 saturated heterocycles. The van der Waals surface area contributed by atoms with E-state index in [-0.39, 0.29) is 6.42 Å². The predicted octanol–water partition coefficient (Wildman–Crippen LogP) is 1.83. The highest BCUT2D eigenvalue weighted by Gasteiger charge is 2.24. The van der Waals surface area contributed by atoms with Crippen molar-refractivity contribution in [1.29, 1.82) is 0 Å². The van der Waals surface area contributed by atoms with Gasteiger partial charge in [-0.25, -0.2) is 4.68 Å². The van der Waals surface area contributed by atoms with Crippen LogP contribution in [0, 0.1) is 5.92 Å². The van der Waals surface area contributed by atoms with Crippen molar-refractivity contribution in [3.05, 3.63) is 5.82 Å². The molecular weight excluding hydrogens is 232 g/mol. The fourth-order valence-corrected chi connectivity index (χ4v) is 2.56. The normalized spacial score (nSPS) is 24.1. The molecule has 0 atom stereocenters. The van der Waals surface area contributed by atoms with Gasteiger partial charge in [0.15, 0.2) is 5.82 Å². The summed E-state index contributed by atoms with van der Waals surface area (Å²) >= 11 is 0. The first kappa shape index (κ1) is 13.0. The Balaban J connectivity index is 1.92. The summed E-state index contributed by atoms with van der Waals surface area (Å²) in [6.07, 6.45) is 5.48. The molecule has 2 rings (SSSR count). The Labute approximate surface area is 106 Å². The van der Waals surface area contributed by atoms with Crippen LogP contribution in [0.3, 0.4) is 0 Å². The van der Waals surface area contributed by atoms with Gasteiger partial charge in [0.1, 0.15) is 0 Å². The molecule has 1 heterocycles. The number of nitrogens with zero attached hydrogens (tertiary/aromatic N) is 4. The molecule has 0 unspecified atom stereocenters. The summed E-state index contributed by atoms with van der Waals surface area (Å²) in [6.45, 7) is 2.88. The molecular formula is C12H20N4O2. The van der Waals surface area contributed by atoms with E-state index in [4.69, 9.17) is 5.11 Å². The maximum Gasteiger partial charge on any atom is 0.303 e. The number of carbonyl (C=O) groups is 1. The maximum atomic E-state index is 10.5. The van der Waals surface area contributed by atoms with Gasteiger partial charge in [0, 0.05) is 18.9 Å². The van der Waals surface area contributed by atoms with Gasteiger partial charge < -0.3 is 5.11 Å². The fourth-order valence-electron chi connectivity index (χ4n) is 2.56. The Morgan fingerprint density at radius 3 is 2.78 bits per heavy atom. The number of hydrogen-bond acceptors (Lipinski definition) is 4. The molecule has 0 spiro atoms. The average molecular weight is 252 g/mol. The Morgan fingerprint density at radius 1 is 1.39 bits per heavy atom. The van der Waals surface area contributed by atoms with Crippen LogP contribution in [0.2, 0.25) is 0 Å². The van der Waals surface area contributed by atoms with E-state index >= 15 is 0 Å². The molecule has 1 aliphatic carbocycles.